The van der Waals surface area contributed by atoms with E-state index in [1.54, 1.807) is 6.92 Å². The highest BCUT2D eigenvalue weighted by Gasteiger charge is 2.22. The number of benzene rings is 2. The first kappa shape index (κ1) is 24.1. The monoisotopic (exact) mass is 454 g/mol. The Morgan fingerprint density at radius 1 is 0.970 bits per heavy atom. The second-order valence-corrected chi connectivity index (χ2v) is 8.38. The number of nitrogens with zero attached hydrogens (tertiary/aromatic N) is 5. The molecule has 0 atom stereocenters. The second kappa shape index (κ2) is 9.97. The summed E-state index contributed by atoms with van der Waals surface area (Å²) in [4.78, 5) is 30.0. The van der Waals surface area contributed by atoms with Crippen LogP contribution in [0.1, 0.15) is 21.5 Å². The number of nitrogens with one attached hydrogen (secondary N) is 1. The van der Waals surface area contributed by atoms with Crippen LogP contribution in [-0.2, 0) is 0 Å². The van der Waals surface area contributed by atoms with Crippen molar-refractivity contribution >= 4 is 34.2 Å². The fourth-order valence-corrected chi connectivity index (χ4v) is 3.29. The molecule has 3 aromatic rings. The van der Waals surface area contributed by atoms with Crippen molar-refractivity contribution in [2.75, 3.05) is 54.4 Å². The van der Waals surface area contributed by atoms with Gasteiger partial charge in [0.1, 0.15) is 39.3 Å². The SMILES string of the molecule is Cc1c(O)c(C=NCCN(C)C)c2nc3c(O)ccc(C(=O)NCCN(C)C)c3nc2c1O. The number of fused-ring (bicyclic) bond motifs is 2. The summed E-state index contributed by atoms with van der Waals surface area (Å²) in [7, 11) is 7.67. The van der Waals surface area contributed by atoms with Gasteiger partial charge in [-0.3, -0.25) is 9.79 Å². The van der Waals surface area contributed by atoms with Gasteiger partial charge in [0.15, 0.2) is 0 Å². The highest BCUT2D eigenvalue weighted by Crippen LogP contribution is 2.38. The maximum atomic E-state index is 12.8. The fraction of sp³-hybridized carbons (Fsp3) is 0.391. The number of aliphatic imine (C=N–C) groups is 1. The van der Waals surface area contributed by atoms with Crippen LogP contribution in [0, 0.1) is 6.92 Å². The molecule has 3 rings (SSSR count). The Morgan fingerprint density at radius 3 is 2.30 bits per heavy atom. The van der Waals surface area contributed by atoms with Crippen molar-refractivity contribution in [1.29, 1.82) is 0 Å². The van der Waals surface area contributed by atoms with Gasteiger partial charge in [0.05, 0.1) is 17.7 Å². The van der Waals surface area contributed by atoms with Crippen molar-refractivity contribution in [1.82, 2.24) is 25.1 Å². The molecule has 0 spiro atoms. The molecule has 1 amide bonds. The van der Waals surface area contributed by atoms with Crippen LogP contribution in [0.4, 0.5) is 0 Å². The lowest BCUT2D eigenvalue weighted by Crippen LogP contribution is -2.31. The minimum absolute atomic E-state index is 0.0911. The average molecular weight is 455 g/mol. The molecule has 0 saturated heterocycles. The highest BCUT2D eigenvalue weighted by molar-refractivity contribution is 6.10. The summed E-state index contributed by atoms with van der Waals surface area (Å²) >= 11 is 0. The lowest BCUT2D eigenvalue weighted by molar-refractivity contribution is 0.0952. The van der Waals surface area contributed by atoms with Crippen molar-refractivity contribution in [2.24, 2.45) is 4.99 Å². The third-order valence-electron chi connectivity index (χ3n) is 5.23. The van der Waals surface area contributed by atoms with Crippen LogP contribution in [0.25, 0.3) is 22.1 Å². The first-order valence-corrected chi connectivity index (χ1v) is 10.6. The predicted molar refractivity (Wildman–Crippen MR) is 129 cm³/mol. The Labute approximate surface area is 192 Å². The largest absolute Gasteiger partial charge is 0.507 e. The Balaban J connectivity index is 2.17. The molecule has 2 aromatic carbocycles. The van der Waals surface area contributed by atoms with Crippen LogP contribution in [0.15, 0.2) is 17.1 Å². The third kappa shape index (κ3) is 5.12. The predicted octanol–water partition coefficient (Wildman–Crippen LogP) is 1.48. The highest BCUT2D eigenvalue weighted by atomic mass is 16.3. The van der Waals surface area contributed by atoms with Crippen molar-refractivity contribution < 1.29 is 20.1 Å². The lowest BCUT2D eigenvalue weighted by Gasteiger charge is -2.14. The van der Waals surface area contributed by atoms with E-state index in [-0.39, 0.29) is 61.9 Å². The number of phenols is 3. The first-order chi connectivity index (χ1) is 15.6. The molecule has 0 unspecified atom stereocenters. The van der Waals surface area contributed by atoms with Crippen molar-refractivity contribution in [2.45, 2.75) is 6.92 Å². The molecule has 0 bridgehead atoms. The van der Waals surface area contributed by atoms with Gasteiger partial charge in [-0.1, -0.05) is 0 Å². The minimum atomic E-state index is -0.365. The zero-order valence-corrected chi connectivity index (χ0v) is 19.5. The minimum Gasteiger partial charge on any atom is -0.507 e. The van der Waals surface area contributed by atoms with Crippen molar-refractivity contribution in [3.63, 3.8) is 0 Å². The molecule has 4 N–H and O–H groups in total. The van der Waals surface area contributed by atoms with Crippen molar-refractivity contribution in [3.05, 3.63) is 28.8 Å². The Morgan fingerprint density at radius 2 is 1.64 bits per heavy atom. The number of rotatable bonds is 8. The van der Waals surface area contributed by atoms with E-state index < -0.39 is 0 Å². The normalized spacial score (nSPS) is 12.0. The van der Waals surface area contributed by atoms with Crippen molar-refractivity contribution in [3.8, 4) is 17.2 Å². The number of aromatic nitrogens is 2. The smallest absolute Gasteiger partial charge is 0.253 e. The third-order valence-corrected chi connectivity index (χ3v) is 5.23. The van der Waals surface area contributed by atoms with E-state index in [4.69, 9.17) is 0 Å². The molecular weight excluding hydrogens is 424 g/mol. The fourth-order valence-electron chi connectivity index (χ4n) is 3.29. The van der Waals surface area contributed by atoms with Crippen LogP contribution in [0.3, 0.4) is 0 Å². The van der Waals surface area contributed by atoms with E-state index in [1.807, 2.05) is 38.0 Å². The van der Waals surface area contributed by atoms with Gasteiger partial charge in [0.2, 0.25) is 0 Å². The Kier molecular flexibility index (Phi) is 7.29. The van der Waals surface area contributed by atoms with E-state index in [9.17, 15) is 20.1 Å². The Hall–Kier alpha value is -3.50. The molecule has 0 aliphatic rings. The maximum Gasteiger partial charge on any atom is 0.253 e. The first-order valence-electron chi connectivity index (χ1n) is 10.6. The van der Waals surface area contributed by atoms with Gasteiger partial charge >= 0.3 is 0 Å². The number of phenolic OH excluding ortho intramolecular Hbond substituents is 3. The van der Waals surface area contributed by atoms with Gasteiger partial charge in [-0.15, -0.1) is 0 Å². The molecule has 10 heteroatoms. The topological polar surface area (TPSA) is 134 Å². The second-order valence-electron chi connectivity index (χ2n) is 8.38. The molecule has 33 heavy (non-hydrogen) atoms. The number of hydrogen-bond acceptors (Lipinski definition) is 9. The maximum absolute atomic E-state index is 12.8. The standard InChI is InChI=1S/C23H30N6O4/c1-13-21(31)15(12-24-8-10-28(2)3)18-20(22(13)32)27-17-14(6-7-16(30)19(17)26-18)23(33)25-9-11-29(4)5/h6-7,12,30-32H,8-11H2,1-5H3,(H,25,33). The van der Waals surface area contributed by atoms with Crippen LogP contribution < -0.4 is 5.32 Å². The molecule has 0 fully saturated rings. The molecule has 0 radical (unpaired) electrons. The quantitative estimate of drug-likeness (QED) is 0.297. The Bertz CT molecular complexity index is 1220. The molecular formula is C23H30N6O4. The van der Waals surface area contributed by atoms with E-state index in [0.717, 1.165) is 0 Å². The summed E-state index contributed by atoms with van der Waals surface area (Å²) in [5.74, 6) is -0.945. The van der Waals surface area contributed by atoms with Gasteiger partial charge in [-0.25, -0.2) is 9.97 Å². The summed E-state index contributed by atoms with van der Waals surface area (Å²) < 4.78 is 0. The van der Waals surface area contributed by atoms with E-state index in [0.29, 0.717) is 26.2 Å². The summed E-state index contributed by atoms with van der Waals surface area (Å²) in [5.41, 5.74) is 1.27. The number of hydrogen-bond donors (Lipinski definition) is 4. The molecule has 1 heterocycles. The number of amides is 1. The average Bonchev–Trinajstić information content (AvgIpc) is 2.76. The van der Waals surface area contributed by atoms with Gasteiger partial charge < -0.3 is 30.4 Å². The zero-order chi connectivity index (χ0) is 24.3. The summed E-state index contributed by atoms with van der Waals surface area (Å²) in [5, 5.41) is 34.6. The molecule has 0 saturated carbocycles. The van der Waals surface area contributed by atoms with Gasteiger partial charge in [-0.05, 0) is 47.2 Å². The van der Waals surface area contributed by atoms with E-state index in [1.165, 1.54) is 18.3 Å². The van der Waals surface area contributed by atoms with Crippen LogP contribution in [-0.4, -0.2) is 102 Å². The number of aromatic hydroxyl groups is 3. The van der Waals surface area contributed by atoms with E-state index in [2.05, 4.69) is 20.3 Å². The molecule has 0 aliphatic carbocycles. The van der Waals surface area contributed by atoms with Gasteiger partial charge in [0, 0.05) is 31.4 Å². The molecule has 176 valence electrons. The van der Waals surface area contributed by atoms with Gasteiger partial charge in [-0.2, -0.15) is 0 Å². The molecule has 0 aliphatic heterocycles. The summed E-state index contributed by atoms with van der Waals surface area (Å²) in [6, 6.07) is 2.85. The summed E-state index contributed by atoms with van der Waals surface area (Å²) in [6.07, 6.45) is 1.49. The van der Waals surface area contributed by atoms with Gasteiger partial charge in [0.25, 0.3) is 5.91 Å². The van der Waals surface area contributed by atoms with E-state index >= 15 is 0 Å². The number of carbonyl (C=O) groups is 1. The lowest BCUT2D eigenvalue weighted by atomic mass is 10.0. The molecule has 10 nitrogen and oxygen atoms in total. The van der Waals surface area contributed by atoms with Crippen LogP contribution in [0.5, 0.6) is 17.2 Å². The summed E-state index contributed by atoms with van der Waals surface area (Å²) in [6.45, 7) is 3.86. The number of carbonyl (C=O) groups excluding carboxylic acids is 1. The van der Waals surface area contributed by atoms with Crippen LogP contribution >= 0.6 is 0 Å². The van der Waals surface area contributed by atoms with Crippen LogP contribution in [0.2, 0.25) is 0 Å². The molecule has 1 aromatic heterocycles. The zero-order valence-electron chi connectivity index (χ0n) is 19.5. The number of likely N-dealkylation sites (N-methyl/N-ethyl adjacent to an activating group) is 2.